The van der Waals surface area contributed by atoms with Crippen molar-refractivity contribution in [1.82, 2.24) is 19.9 Å². The molecule has 214 valence electrons. The smallest absolute Gasteiger partial charge is 0.657 e. The molecule has 0 spiro atoms. The summed E-state index contributed by atoms with van der Waals surface area (Å²) in [6.45, 7) is 0. The fourth-order valence-corrected chi connectivity index (χ4v) is 8.37. The van der Waals surface area contributed by atoms with Crippen LogP contribution >= 0.6 is 34.0 Å². The van der Waals surface area contributed by atoms with Crippen molar-refractivity contribution < 1.29 is 19.5 Å². The summed E-state index contributed by atoms with van der Waals surface area (Å²) in [7, 11) is 0. The molecule has 0 amide bonds. The minimum atomic E-state index is 0. The summed E-state index contributed by atoms with van der Waals surface area (Å²) in [5, 5.41) is 6.31. The third-order valence-electron chi connectivity index (χ3n) is 7.97. The number of hydrogen-bond donors (Lipinski definition) is 0. The van der Waals surface area contributed by atoms with Crippen LogP contribution < -0.4 is 9.97 Å². The summed E-state index contributed by atoms with van der Waals surface area (Å²) in [5.74, 6) is 0. The molecule has 0 aliphatic carbocycles. The molecule has 0 fully saturated rings. The molecule has 0 saturated carbocycles. The molecule has 0 unspecified atom stereocenters. The van der Waals surface area contributed by atoms with Gasteiger partial charge in [0.1, 0.15) is 0 Å². The van der Waals surface area contributed by atoms with Crippen LogP contribution in [-0.4, -0.2) is 9.97 Å². The van der Waals surface area contributed by atoms with Gasteiger partial charge in [-0.25, -0.2) is 9.97 Å². The summed E-state index contributed by atoms with van der Waals surface area (Å²) in [6, 6.07) is 31.5. The third kappa shape index (κ3) is 4.99. The third-order valence-corrected chi connectivity index (χ3v) is 10.6. The van der Waals surface area contributed by atoms with E-state index in [0.717, 1.165) is 87.3 Å². The molecule has 7 aromatic rings. The Balaban J connectivity index is 0.00000312. The molecule has 4 nitrogen and oxygen atoms in total. The van der Waals surface area contributed by atoms with Crippen molar-refractivity contribution in [3.05, 3.63) is 130 Å². The van der Waals surface area contributed by atoms with Crippen molar-refractivity contribution in [3.8, 4) is 42.4 Å². The first-order valence-corrected chi connectivity index (χ1v) is 17.2. The van der Waals surface area contributed by atoms with Crippen LogP contribution in [0, 0.1) is 0 Å². The number of aromatic nitrogens is 4. The molecule has 2 aliphatic rings. The van der Waals surface area contributed by atoms with E-state index in [1.165, 1.54) is 0 Å². The van der Waals surface area contributed by atoms with Gasteiger partial charge >= 0.3 is 19.5 Å². The Kier molecular flexibility index (Phi) is 7.59. The van der Waals surface area contributed by atoms with Crippen molar-refractivity contribution >= 4 is 80.4 Å². The van der Waals surface area contributed by atoms with Gasteiger partial charge in [-0.15, -0.1) is 56.1 Å². The Morgan fingerprint density at radius 2 is 0.761 bits per heavy atom. The molecule has 8 heteroatoms. The maximum atomic E-state index is 5.28. The van der Waals surface area contributed by atoms with Gasteiger partial charge in [0.15, 0.2) is 0 Å². The van der Waals surface area contributed by atoms with Gasteiger partial charge in [0.25, 0.3) is 0 Å². The van der Waals surface area contributed by atoms with E-state index in [-0.39, 0.29) is 19.5 Å². The maximum Gasteiger partial charge on any atom is 2.00 e. The molecular formula is C38H22N4S3Zn. The van der Waals surface area contributed by atoms with Gasteiger partial charge in [-0.1, -0.05) is 72.8 Å². The first-order chi connectivity index (χ1) is 22.3. The molecule has 0 saturated heterocycles. The summed E-state index contributed by atoms with van der Waals surface area (Å²) in [5.41, 5.74) is 12.3. The summed E-state index contributed by atoms with van der Waals surface area (Å²) < 4.78 is 0. The minimum absolute atomic E-state index is 0. The Morgan fingerprint density at radius 1 is 0.391 bits per heavy atom. The second-order valence-corrected chi connectivity index (χ2v) is 13.5. The van der Waals surface area contributed by atoms with Gasteiger partial charge < -0.3 is 9.97 Å². The average molecular weight is 696 g/mol. The van der Waals surface area contributed by atoms with Crippen LogP contribution in [0.5, 0.6) is 0 Å². The summed E-state index contributed by atoms with van der Waals surface area (Å²) in [6.07, 6.45) is 8.45. The number of hydrogen-bond acceptors (Lipinski definition) is 5. The van der Waals surface area contributed by atoms with Crippen LogP contribution in [0.15, 0.2) is 107 Å². The first-order valence-electron chi connectivity index (χ1n) is 14.5. The van der Waals surface area contributed by atoms with E-state index in [0.29, 0.717) is 0 Å². The molecule has 1 aromatic carbocycles. The normalized spacial score (nSPS) is 12.0. The van der Waals surface area contributed by atoms with Crippen LogP contribution in [0.4, 0.5) is 0 Å². The van der Waals surface area contributed by atoms with Crippen LogP contribution in [0.25, 0.3) is 88.8 Å². The van der Waals surface area contributed by atoms with E-state index in [2.05, 4.69) is 125 Å². The Labute approximate surface area is 290 Å². The molecule has 6 aromatic heterocycles. The maximum absolute atomic E-state index is 5.28. The number of nitrogens with zero attached hydrogens (tertiary/aromatic N) is 4. The van der Waals surface area contributed by atoms with Crippen molar-refractivity contribution in [2.24, 2.45) is 0 Å². The van der Waals surface area contributed by atoms with Gasteiger partial charge in [-0.2, -0.15) is 0 Å². The van der Waals surface area contributed by atoms with Gasteiger partial charge in [-0.05, 0) is 69.8 Å². The second kappa shape index (κ2) is 12.0. The molecule has 46 heavy (non-hydrogen) atoms. The SMILES string of the molecule is C1=Cc2nc1c(-c1ccccc1)c1ccc([n-]1)c(-c1cccs1)c1nc(c(-c3cccs3)c3ccc([n-]3)c2-c2cccs2)C=C1.[Zn+2]. The molecule has 9 rings (SSSR count). The van der Waals surface area contributed by atoms with Crippen LogP contribution in [0.2, 0.25) is 0 Å². The number of thiophene rings is 3. The standard InChI is InChI=1S/C38H22N4S3.Zn/c1-2-7-23(8-3-1)35-24-12-14-26(39-24)36(32-9-4-20-43-32)28-16-18-30(41-28)38(34-11-6-22-45-34)31-19-17-29(42-31)37(33-10-5-21-44-33)27-15-13-25(35)40-27;/h1-22H;/q-2;+2. The van der Waals surface area contributed by atoms with Crippen LogP contribution in [0.1, 0.15) is 22.8 Å². The van der Waals surface area contributed by atoms with E-state index < -0.39 is 0 Å². The van der Waals surface area contributed by atoms with Gasteiger partial charge in [-0.3, -0.25) is 0 Å². The number of benzene rings is 1. The van der Waals surface area contributed by atoms with E-state index in [9.17, 15) is 0 Å². The van der Waals surface area contributed by atoms with E-state index in [1.54, 1.807) is 34.0 Å². The summed E-state index contributed by atoms with van der Waals surface area (Å²) in [4.78, 5) is 24.5. The number of fused-ring (bicyclic) bond motifs is 8. The van der Waals surface area contributed by atoms with Crippen molar-refractivity contribution in [2.45, 2.75) is 0 Å². The predicted octanol–water partition coefficient (Wildman–Crippen LogP) is 10.8. The largest absolute Gasteiger partial charge is 2.00 e. The Bertz CT molecular complexity index is 2380. The average Bonchev–Trinajstić information content (AvgIpc) is 3.92. The topological polar surface area (TPSA) is 54.0 Å². The molecule has 8 heterocycles. The zero-order valence-corrected chi connectivity index (χ0v) is 29.8. The molecule has 0 atom stereocenters. The zero-order valence-electron chi connectivity index (χ0n) is 24.4. The Hall–Kier alpha value is -4.46. The number of rotatable bonds is 4. The second-order valence-electron chi connectivity index (χ2n) is 10.7. The van der Waals surface area contributed by atoms with E-state index in [1.807, 2.05) is 6.07 Å². The molecule has 0 radical (unpaired) electrons. The predicted molar refractivity (Wildman–Crippen MR) is 192 cm³/mol. The monoisotopic (exact) mass is 694 g/mol. The quantitative estimate of drug-likeness (QED) is 0.172. The first kappa shape index (κ1) is 29.0. The molecule has 2 aliphatic heterocycles. The van der Waals surface area contributed by atoms with E-state index in [4.69, 9.17) is 19.9 Å². The van der Waals surface area contributed by atoms with Crippen molar-refractivity contribution in [1.29, 1.82) is 0 Å². The fourth-order valence-electron chi connectivity index (χ4n) is 6.01. The van der Waals surface area contributed by atoms with Gasteiger partial charge in [0.05, 0.1) is 22.8 Å². The van der Waals surface area contributed by atoms with Crippen molar-refractivity contribution in [3.63, 3.8) is 0 Å². The minimum Gasteiger partial charge on any atom is -0.657 e. The van der Waals surface area contributed by atoms with Gasteiger partial charge in [0, 0.05) is 31.3 Å². The zero-order chi connectivity index (χ0) is 29.7. The van der Waals surface area contributed by atoms with E-state index >= 15 is 0 Å². The van der Waals surface area contributed by atoms with Crippen LogP contribution in [0.3, 0.4) is 0 Å². The molecular weight excluding hydrogens is 674 g/mol. The summed E-state index contributed by atoms with van der Waals surface area (Å²) >= 11 is 5.10. The molecule has 8 bridgehead atoms. The van der Waals surface area contributed by atoms with Crippen molar-refractivity contribution in [2.75, 3.05) is 0 Å². The fraction of sp³-hybridized carbons (Fsp3) is 0. The Morgan fingerprint density at radius 3 is 1.13 bits per heavy atom. The molecule has 0 N–H and O–H groups in total. The van der Waals surface area contributed by atoms with Crippen LogP contribution in [-0.2, 0) is 19.5 Å². The van der Waals surface area contributed by atoms with Gasteiger partial charge in [0.2, 0.25) is 0 Å².